The molecule has 0 heterocycles. The number of hydrogen-bond acceptors (Lipinski definition) is 3. The number of nitrogens with one attached hydrogen (secondary N) is 1. The highest BCUT2D eigenvalue weighted by atomic mass is 32.2. The first-order chi connectivity index (χ1) is 9.03. The van der Waals surface area contributed by atoms with Crippen molar-refractivity contribution < 1.29 is 8.42 Å². The molecule has 1 aromatic rings. The van der Waals surface area contributed by atoms with E-state index in [1.54, 1.807) is 25.9 Å². The monoisotopic (exact) mass is 315 g/mol. The molecular formula is C13H21N3O2S2. The van der Waals surface area contributed by atoms with Crippen LogP contribution < -0.4 is 15.4 Å². The Morgan fingerprint density at radius 3 is 1.95 bits per heavy atom. The minimum absolute atomic E-state index is 0.137. The second-order valence-corrected chi connectivity index (χ2v) is 6.72. The third-order valence-electron chi connectivity index (χ3n) is 3.74. The van der Waals surface area contributed by atoms with E-state index in [1.165, 1.54) is 0 Å². The number of thiocarbonyl (C=S) groups is 1. The molecule has 0 saturated heterocycles. The Morgan fingerprint density at radius 2 is 1.55 bits per heavy atom. The quantitative estimate of drug-likeness (QED) is 0.809. The Labute approximate surface area is 126 Å². The summed E-state index contributed by atoms with van der Waals surface area (Å²) in [6, 6.07) is 0. The van der Waals surface area contributed by atoms with Crippen molar-refractivity contribution in [2.45, 2.75) is 32.6 Å². The summed E-state index contributed by atoms with van der Waals surface area (Å²) < 4.78 is 24.0. The number of benzene rings is 1. The fourth-order valence-corrected chi connectivity index (χ4v) is 3.51. The van der Waals surface area contributed by atoms with Gasteiger partial charge in [0.2, 0.25) is 10.0 Å². The third kappa shape index (κ3) is 2.79. The standard InChI is InChI=1S/C13H21N3O2S2/c1-7-8(2)10(4)12(20(14,17)18)11(9(7)3)16(6)13(19)15-5/h1-6H3,(H,15,19)(H2,14,17,18). The molecule has 0 fully saturated rings. The Bertz CT molecular complexity index is 667. The summed E-state index contributed by atoms with van der Waals surface area (Å²) in [5, 5.41) is 8.68. The van der Waals surface area contributed by atoms with Crippen LogP contribution in [-0.2, 0) is 10.0 Å². The first kappa shape index (κ1) is 16.9. The van der Waals surface area contributed by atoms with E-state index in [0.29, 0.717) is 16.4 Å². The summed E-state index contributed by atoms with van der Waals surface area (Å²) in [6.45, 7) is 7.50. The van der Waals surface area contributed by atoms with Crippen LogP contribution in [0.1, 0.15) is 22.3 Å². The van der Waals surface area contributed by atoms with Gasteiger partial charge < -0.3 is 10.2 Å². The highest BCUT2D eigenvalue weighted by molar-refractivity contribution is 7.89. The van der Waals surface area contributed by atoms with Gasteiger partial charge in [-0.3, -0.25) is 0 Å². The average molecular weight is 315 g/mol. The van der Waals surface area contributed by atoms with Crippen molar-refractivity contribution in [2.75, 3.05) is 19.0 Å². The van der Waals surface area contributed by atoms with E-state index < -0.39 is 10.0 Å². The van der Waals surface area contributed by atoms with Gasteiger partial charge in [0.15, 0.2) is 5.11 Å². The van der Waals surface area contributed by atoms with Crippen molar-refractivity contribution in [3.8, 4) is 0 Å². The van der Waals surface area contributed by atoms with Crippen molar-refractivity contribution in [3.63, 3.8) is 0 Å². The zero-order valence-corrected chi connectivity index (χ0v) is 14.3. The second kappa shape index (κ2) is 5.67. The number of anilines is 1. The molecular weight excluding hydrogens is 294 g/mol. The van der Waals surface area contributed by atoms with Crippen LogP contribution in [0.2, 0.25) is 0 Å². The molecule has 0 atom stereocenters. The van der Waals surface area contributed by atoms with Gasteiger partial charge in [-0.25, -0.2) is 13.6 Å². The molecule has 0 saturated carbocycles. The second-order valence-electron chi connectivity index (χ2n) is 4.84. The molecule has 0 spiro atoms. The van der Waals surface area contributed by atoms with Gasteiger partial charge in [0.1, 0.15) is 4.90 Å². The summed E-state index contributed by atoms with van der Waals surface area (Å²) in [7, 11) is -0.422. The van der Waals surface area contributed by atoms with E-state index in [9.17, 15) is 8.42 Å². The first-order valence-electron chi connectivity index (χ1n) is 6.12. The molecule has 0 unspecified atom stereocenters. The molecule has 0 aliphatic rings. The summed E-state index contributed by atoms with van der Waals surface area (Å²) in [5.41, 5.74) is 4.02. The largest absolute Gasteiger partial charge is 0.365 e. The van der Waals surface area contributed by atoms with Crippen LogP contribution in [0.4, 0.5) is 5.69 Å². The average Bonchev–Trinajstić information content (AvgIpc) is 2.36. The van der Waals surface area contributed by atoms with Gasteiger partial charge >= 0.3 is 0 Å². The molecule has 0 amide bonds. The molecule has 112 valence electrons. The van der Waals surface area contributed by atoms with Crippen LogP contribution in [0.5, 0.6) is 0 Å². The minimum Gasteiger partial charge on any atom is -0.365 e. The molecule has 0 bridgehead atoms. The smallest absolute Gasteiger partial charge is 0.240 e. The van der Waals surface area contributed by atoms with E-state index in [0.717, 1.165) is 16.7 Å². The third-order valence-corrected chi connectivity index (χ3v) is 5.28. The number of rotatable bonds is 2. The first-order valence-corrected chi connectivity index (χ1v) is 8.08. The molecule has 1 aromatic carbocycles. The number of hydrogen-bond donors (Lipinski definition) is 2. The van der Waals surface area contributed by atoms with Crippen molar-refractivity contribution in [2.24, 2.45) is 5.14 Å². The lowest BCUT2D eigenvalue weighted by Crippen LogP contribution is -2.36. The lowest BCUT2D eigenvalue weighted by Gasteiger charge is -2.27. The van der Waals surface area contributed by atoms with Crippen molar-refractivity contribution in [3.05, 3.63) is 22.3 Å². The molecule has 3 N–H and O–H groups in total. The van der Waals surface area contributed by atoms with E-state index in [1.807, 2.05) is 20.8 Å². The van der Waals surface area contributed by atoms with Crippen LogP contribution in [0, 0.1) is 27.7 Å². The van der Waals surface area contributed by atoms with Crippen LogP contribution in [0.15, 0.2) is 4.90 Å². The number of nitrogens with two attached hydrogens (primary N) is 1. The number of sulfonamides is 1. The molecule has 5 nitrogen and oxygen atoms in total. The maximum Gasteiger partial charge on any atom is 0.240 e. The molecule has 20 heavy (non-hydrogen) atoms. The topological polar surface area (TPSA) is 75.4 Å². The molecule has 0 aliphatic heterocycles. The Hall–Kier alpha value is -1.18. The Kier molecular flexibility index (Phi) is 4.78. The highest BCUT2D eigenvalue weighted by Gasteiger charge is 2.26. The predicted octanol–water partition coefficient (Wildman–Crippen LogP) is 1.51. The Morgan fingerprint density at radius 1 is 1.10 bits per heavy atom. The van der Waals surface area contributed by atoms with E-state index in [2.05, 4.69) is 5.32 Å². The van der Waals surface area contributed by atoms with Gasteiger partial charge in [-0.15, -0.1) is 0 Å². The number of nitrogens with zero attached hydrogens (tertiary/aromatic N) is 1. The summed E-state index contributed by atoms with van der Waals surface area (Å²) in [4.78, 5) is 1.78. The lowest BCUT2D eigenvalue weighted by atomic mass is 9.97. The van der Waals surface area contributed by atoms with Gasteiger partial charge in [0, 0.05) is 14.1 Å². The number of primary sulfonamides is 1. The van der Waals surface area contributed by atoms with E-state index >= 15 is 0 Å². The fraction of sp³-hybridized carbons (Fsp3) is 0.462. The molecule has 0 radical (unpaired) electrons. The molecule has 0 aromatic heterocycles. The molecule has 0 aliphatic carbocycles. The van der Waals surface area contributed by atoms with Gasteiger partial charge in [0.05, 0.1) is 5.69 Å². The zero-order chi connectivity index (χ0) is 15.8. The Balaban J connectivity index is 3.87. The van der Waals surface area contributed by atoms with Gasteiger partial charge in [-0.05, 0) is 62.2 Å². The minimum atomic E-state index is -3.84. The van der Waals surface area contributed by atoms with Crippen molar-refractivity contribution in [1.29, 1.82) is 0 Å². The summed E-state index contributed by atoms with van der Waals surface area (Å²) in [6.07, 6.45) is 0. The summed E-state index contributed by atoms with van der Waals surface area (Å²) in [5.74, 6) is 0. The normalized spacial score (nSPS) is 11.3. The summed E-state index contributed by atoms with van der Waals surface area (Å²) >= 11 is 5.20. The van der Waals surface area contributed by atoms with E-state index in [4.69, 9.17) is 17.4 Å². The van der Waals surface area contributed by atoms with Gasteiger partial charge in [-0.1, -0.05) is 0 Å². The van der Waals surface area contributed by atoms with Gasteiger partial charge in [-0.2, -0.15) is 0 Å². The van der Waals surface area contributed by atoms with Crippen LogP contribution in [-0.4, -0.2) is 27.6 Å². The molecule has 7 heteroatoms. The van der Waals surface area contributed by atoms with Crippen LogP contribution in [0.3, 0.4) is 0 Å². The SMILES string of the molecule is CNC(=S)N(C)c1c(C)c(C)c(C)c(C)c1S(N)(=O)=O. The fourth-order valence-electron chi connectivity index (χ4n) is 2.28. The van der Waals surface area contributed by atoms with Crippen molar-refractivity contribution in [1.82, 2.24) is 5.32 Å². The molecule has 1 rings (SSSR count). The lowest BCUT2D eigenvalue weighted by molar-refractivity contribution is 0.597. The van der Waals surface area contributed by atoms with Crippen LogP contribution in [0.25, 0.3) is 0 Å². The maximum absolute atomic E-state index is 12.0. The zero-order valence-electron chi connectivity index (χ0n) is 12.7. The predicted molar refractivity (Wildman–Crippen MR) is 86.8 cm³/mol. The maximum atomic E-state index is 12.0. The highest BCUT2D eigenvalue weighted by Crippen LogP contribution is 2.35. The van der Waals surface area contributed by atoms with E-state index in [-0.39, 0.29) is 4.90 Å². The van der Waals surface area contributed by atoms with Crippen molar-refractivity contribution >= 4 is 33.0 Å². The van der Waals surface area contributed by atoms with Crippen LogP contribution >= 0.6 is 12.2 Å². The van der Waals surface area contributed by atoms with Gasteiger partial charge in [0.25, 0.3) is 0 Å².